The fourth-order valence-corrected chi connectivity index (χ4v) is 2.11. The van der Waals surface area contributed by atoms with Gasteiger partial charge in [0.2, 0.25) is 0 Å². The lowest BCUT2D eigenvalue weighted by Gasteiger charge is -2.31. The van der Waals surface area contributed by atoms with Crippen LogP contribution in [0.2, 0.25) is 0 Å². The maximum absolute atomic E-state index is 12.1. The molecule has 0 aromatic carbocycles. The molecule has 6 heteroatoms. The van der Waals surface area contributed by atoms with Crippen molar-refractivity contribution in [3.63, 3.8) is 0 Å². The lowest BCUT2D eigenvalue weighted by atomic mass is 10.1. The zero-order chi connectivity index (χ0) is 15.2. The monoisotopic (exact) mass is 294 g/mol. The molecular formula is C15H22N2O4. The molecule has 21 heavy (non-hydrogen) atoms. The molecule has 0 unspecified atom stereocenters. The third-order valence-corrected chi connectivity index (χ3v) is 3.27. The standard InChI is InChI=1S/C15H22N2O4/c1-10(2)4-7-20-14-5-6-19-9-13(14)16-15(18)12-8-11(3)21-17-12/h4,8,13-14H,5-7,9H2,1-3H3,(H,16,18)/t13-,14+/m1/s1. The second-order valence-electron chi connectivity index (χ2n) is 5.42. The second kappa shape index (κ2) is 7.38. The van der Waals surface area contributed by atoms with Gasteiger partial charge in [-0.3, -0.25) is 4.79 Å². The largest absolute Gasteiger partial charge is 0.379 e. The van der Waals surface area contributed by atoms with E-state index in [1.54, 1.807) is 13.0 Å². The lowest BCUT2D eigenvalue weighted by molar-refractivity contribution is -0.0458. The van der Waals surface area contributed by atoms with Crippen LogP contribution in [0.25, 0.3) is 0 Å². The SMILES string of the molecule is CC(C)=CCO[C@H]1CCOC[C@H]1NC(=O)c1cc(C)on1. The molecule has 1 N–H and O–H groups in total. The van der Waals surface area contributed by atoms with Crippen LogP contribution in [0.15, 0.2) is 22.2 Å². The first-order chi connectivity index (χ1) is 10.1. The molecule has 2 rings (SSSR count). The minimum absolute atomic E-state index is 0.0497. The molecule has 2 heterocycles. The number of amides is 1. The summed E-state index contributed by atoms with van der Waals surface area (Å²) in [7, 11) is 0. The van der Waals surface area contributed by atoms with Crippen LogP contribution in [0.3, 0.4) is 0 Å². The molecule has 0 aliphatic carbocycles. The summed E-state index contributed by atoms with van der Waals surface area (Å²) in [5.41, 5.74) is 1.49. The Morgan fingerprint density at radius 1 is 1.57 bits per heavy atom. The second-order valence-corrected chi connectivity index (χ2v) is 5.42. The van der Waals surface area contributed by atoms with Crippen molar-refractivity contribution < 1.29 is 18.8 Å². The average Bonchev–Trinajstić information content (AvgIpc) is 2.87. The Morgan fingerprint density at radius 2 is 2.38 bits per heavy atom. The molecule has 6 nitrogen and oxygen atoms in total. The van der Waals surface area contributed by atoms with Crippen LogP contribution in [-0.4, -0.2) is 43.0 Å². The van der Waals surface area contributed by atoms with Gasteiger partial charge in [0.1, 0.15) is 5.76 Å². The number of hydrogen-bond donors (Lipinski definition) is 1. The van der Waals surface area contributed by atoms with Gasteiger partial charge in [0.15, 0.2) is 5.69 Å². The van der Waals surface area contributed by atoms with Crippen LogP contribution in [-0.2, 0) is 9.47 Å². The third kappa shape index (κ3) is 4.68. The highest BCUT2D eigenvalue weighted by molar-refractivity contribution is 5.92. The van der Waals surface area contributed by atoms with E-state index in [1.165, 1.54) is 5.57 Å². The van der Waals surface area contributed by atoms with Crippen molar-refractivity contribution in [1.82, 2.24) is 10.5 Å². The van der Waals surface area contributed by atoms with E-state index in [-0.39, 0.29) is 23.7 Å². The van der Waals surface area contributed by atoms with Crippen molar-refractivity contribution in [3.8, 4) is 0 Å². The van der Waals surface area contributed by atoms with Crippen LogP contribution in [0.4, 0.5) is 0 Å². The Bertz CT molecular complexity index is 506. The normalized spacial score (nSPS) is 21.9. The summed E-state index contributed by atoms with van der Waals surface area (Å²) in [5, 5.41) is 6.62. The maximum Gasteiger partial charge on any atom is 0.273 e. The Hall–Kier alpha value is -1.66. The number of carbonyl (C=O) groups is 1. The fraction of sp³-hybridized carbons (Fsp3) is 0.600. The van der Waals surface area contributed by atoms with Crippen LogP contribution in [0.5, 0.6) is 0 Å². The Labute approximate surface area is 124 Å². The number of hydrogen-bond acceptors (Lipinski definition) is 5. The van der Waals surface area contributed by atoms with E-state index in [1.807, 2.05) is 19.9 Å². The van der Waals surface area contributed by atoms with Crippen LogP contribution >= 0.6 is 0 Å². The summed E-state index contributed by atoms with van der Waals surface area (Å²) in [4.78, 5) is 12.1. The van der Waals surface area contributed by atoms with Gasteiger partial charge in [-0.05, 0) is 27.2 Å². The number of allylic oxidation sites excluding steroid dienone is 1. The highest BCUT2D eigenvalue weighted by Crippen LogP contribution is 2.13. The Balaban J connectivity index is 1.92. The molecule has 1 aliphatic heterocycles. The van der Waals surface area contributed by atoms with Gasteiger partial charge in [-0.1, -0.05) is 16.8 Å². The first-order valence-corrected chi connectivity index (χ1v) is 7.13. The van der Waals surface area contributed by atoms with Crippen LogP contribution in [0.1, 0.15) is 36.5 Å². The predicted molar refractivity (Wildman–Crippen MR) is 77.1 cm³/mol. The van der Waals surface area contributed by atoms with E-state index in [0.29, 0.717) is 25.6 Å². The van der Waals surface area contributed by atoms with Crippen molar-refractivity contribution in [2.45, 2.75) is 39.3 Å². The van der Waals surface area contributed by atoms with Crippen LogP contribution < -0.4 is 5.32 Å². The van der Waals surface area contributed by atoms with Crippen molar-refractivity contribution in [1.29, 1.82) is 0 Å². The molecule has 0 spiro atoms. The molecular weight excluding hydrogens is 272 g/mol. The number of aryl methyl sites for hydroxylation is 1. The number of aromatic nitrogens is 1. The Morgan fingerprint density at radius 3 is 3.05 bits per heavy atom. The topological polar surface area (TPSA) is 73.6 Å². The van der Waals surface area contributed by atoms with E-state index in [0.717, 1.165) is 6.42 Å². The third-order valence-electron chi connectivity index (χ3n) is 3.27. The minimum Gasteiger partial charge on any atom is -0.379 e. The summed E-state index contributed by atoms with van der Waals surface area (Å²) >= 11 is 0. The molecule has 1 aliphatic rings. The molecule has 116 valence electrons. The summed E-state index contributed by atoms with van der Waals surface area (Å²) in [5.74, 6) is 0.342. The summed E-state index contributed by atoms with van der Waals surface area (Å²) in [6.45, 7) is 7.44. The fourth-order valence-electron chi connectivity index (χ4n) is 2.11. The van der Waals surface area contributed by atoms with Gasteiger partial charge in [-0.25, -0.2) is 0 Å². The zero-order valence-electron chi connectivity index (χ0n) is 12.7. The highest BCUT2D eigenvalue weighted by atomic mass is 16.5. The van der Waals surface area contributed by atoms with Crippen LogP contribution in [0, 0.1) is 6.92 Å². The Kier molecular flexibility index (Phi) is 5.52. The van der Waals surface area contributed by atoms with Crippen molar-refractivity contribution >= 4 is 5.91 Å². The zero-order valence-corrected chi connectivity index (χ0v) is 12.7. The van der Waals surface area contributed by atoms with E-state index in [2.05, 4.69) is 10.5 Å². The quantitative estimate of drug-likeness (QED) is 0.839. The molecule has 1 fully saturated rings. The van der Waals surface area contributed by atoms with Crippen molar-refractivity contribution in [3.05, 3.63) is 29.2 Å². The van der Waals surface area contributed by atoms with Gasteiger partial charge >= 0.3 is 0 Å². The molecule has 1 saturated heterocycles. The van der Waals surface area contributed by atoms with E-state index in [4.69, 9.17) is 14.0 Å². The van der Waals surface area contributed by atoms with Gasteiger partial charge in [0, 0.05) is 12.7 Å². The highest BCUT2D eigenvalue weighted by Gasteiger charge is 2.28. The van der Waals surface area contributed by atoms with Crippen molar-refractivity contribution in [2.75, 3.05) is 19.8 Å². The van der Waals surface area contributed by atoms with Crippen molar-refractivity contribution in [2.24, 2.45) is 0 Å². The summed E-state index contributed by atoms with van der Waals surface area (Å²) < 4.78 is 16.2. The summed E-state index contributed by atoms with van der Waals surface area (Å²) in [6, 6.07) is 1.44. The molecule has 0 radical (unpaired) electrons. The van der Waals surface area contributed by atoms with Gasteiger partial charge in [0.25, 0.3) is 5.91 Å². The predicted octanol–water partition coefficient (Wildman–Crippen LogP) is 1.85. The summed E-state index contributed by atoms with van der Waals surface area (Å²) in [6.07, 6.45) is 2.74. The van der Waals surface area contributed by atoms with E-state index >= 15 is 0 Å². The number of ether oxygens (including phenoxy) is 2. The minimum atomic E-state index is -0.266. The molecule has 1 amide bonds. The number of rotatable bonds is 5. The van der Waals surface area contributed by atoms with Gasteiger partial charge < -0.3 is 19.3 Å². The van der Waals surface area contributed by atoms with Gasteiger partial charge in [0.05, 0.1) is 25.4 Å². The van der Waals surface area contributed by atoms with E-state index < -0.39 is 0 Å². The smallest absolute Gasteiger partial charge is 0.273 e. The van der Waals surface area contributed by atoms with Gasteiger partial charge in [-0.15, -0.1) is 0 Å². The maximum atomic E-state index is 12.1. The number of carbonyl (C=O) groups excluding carboxylic acids is 1. The number of nitrogens with zero attached hydrogens (tertiary/aromatic N) is 1. The molecule has 0 bridgehead atoms. The van der Waals surface area contributed by atoms with E-state index in [9.17, 15) is 4.79 Å². The molecule has 2 atom stereocenters. The lowest BCUT2D eigenvalue weighted by Crippen LogP contribution is -2.50. The molecule has 0 saturated carbocycles. The molecule has 1 aromatic rings. The number of nitrogens with one attached hydrogen (secondary N) is 1. The first kappa shape index (κ1) is 15.7. The first-order valence-electron chi connectivity index (χ1n) is 7.13. The average molecular weight is 294 g/mol. The van der Waals surface area contributed by atoms with Gasteiger partial charge in [-0.2, -0.15) is 0 Å². The molecule has 1 aromatic heterocycles.